The van der Waals surface area contributed by atoms with Gasteiger partial charge in [-0.1, -0.05) is 0 Å². The quantitative estimate of drug-likeness (QED) is 0.538. The summed E-state index contributed by atoms with van der Waals surface area (Å²) in [6, 6.07) is 0. The highest BCUT2D eigenvalue weighted by Crippen LogP contribution is 2.15. The van der Waals surface area contributed by atoms with Crippen LogP contribution in [0, 0.1) is 0 Å². The zero-order valence-corrected chi connectivity index (χ0v) is 12.1. The number of fused-ring (bicyclic) bond motifs is 1. The Morgan fingerprint density at radius 1 is 1.29 bits per heavy atom. The summed E-state index contributed by atoms with van der Waals surface area (Å²) < 4.78 is 2.73. The van der Waals surface area contributed by atoms with E-state index in [1.54, 1.807) is 13.8 Å². The average Bonchev–Trinajstić information content (AvgIpc) is 2.72. The van der Waals surface area contributed by atoms with E-state index in [4.69, 9.17) is 0 Å². The fourth-order valence-corrected chi connectivity index (χ4v) is 2.05. The van der Waals surface area contributed by atoms with E-state index in [1.165, 1.54) is 16.2 Å². The number of imidazole rings is 1. The molecule has 0 saturated heterocycles. The minimum Gasteiger partial charge on any atom is -0.392 e. The highest BCUT2D eigenvalue weighted by atomic mass is 16.3. The van der Waals surface area contributed by atoms with Crippen molar-refractivity contribution < 1.29 is 10.2 Å². The van der Waals surface area contributed by atoms with Crippen LogP contribution in [0.15, 0.2) is 9.59 Å². The molecule has 0 amide bonds. The largest absolute Gasteiger partial charge is 0.392 e. The Bertz CT molecular complexity index is 755. The molecule has 2 atom stereocenters. The van der Waals surface area contributed by atoms with Crippen LogP contribution < -0.4 is 16.6 Å². The molecule has 0 aliphatic heterocycles. The van der Waals surface area contributed by atoms with E-state index < -0.39 is 23.5 Å². The maximum atomic E-state index is 12.0. The first-order valence-corrected chi connectivity index (χ1v) is 6.60. The molecule has 0 radical (unpaired) electrons. The minimum atomic E-state index is -0.703. The van der Waals surface area contributed by atoms with Crippen molar-refractivity contribution in [2.75, 3.05) is 11.9 Å². The molecule has 4 N–H and O–H groups in total. The van der Waals surface area contributed by atoms with Crippen LogP contribution in [0.4, 0.5) is 5.95 Å². The van der Waals surface area contributed by atoms with Crippen LogP contribution >= 0.6 is 0 Å². The molecule has 9 nitrogen and oxygen atoms in total. The molecular weight excluding hydrogens is 278 g/mol. The first-order valence-electron chi connectivity index (χ1n) is 6.60. The van der Waals surface area contributed by atoms with Gasteiger partial charge in [-0.2, -0.15) is 4.98 Å². The lowest BCUT2D eigenvalue weighted by molar-refractivity contribution is 0.175. The van der Waals surface area contributed by atoms with Gasteiger partial charge in [-0.05, 0) is 13.8 Å². The Morgan fingerprint density at radius 2 is 1.95 bits per heavy atom. The third-order valence-electron chi connectivity index (χ3n) is 3.01. The summed E-state index contributed by atoms with van der Waals surface area (Å²) in [4.78, 5) is 30.1. The van der Waals surface area contributed by atoms with Crippen molar-refractivity contribution in [3.63, 3.8) is 0 Å². The number of hydrogen-bond acceptors (Lipinski definition) is 6. The van der Waals surface area contributed by atoms with Crippen LogP contribution in [-0.2, 0) is 13.6 Å². The summed E-state index contributed by atoms with van der Waals surface area (Å²) in [7, 11) is 1.50. The third kappa shape index (κ3) is 2.98. The highest BCUT2D eigenvalue weighted by molar-refractivity contribution is 5.74. The van der Waals surface area contributed by atoms with Gasteiger partial charge in [-0.25, -0.2) is 4.79 Å². The van der Waals surface area contributed by atoms with Gasteiger partial charge >= 0.3 is 5.69 Å². The van der Waals surface area contributed by atoms with E-state index in [0.717, 1.165) is 0 Å². The number of aryl methyl sites for hydroxylation is 1. The second-order valence-electron chi connectivity index (χ2n) is 5.12. The average molecular weight is 297 g/mol. The number of aromatic nitrogens is 4. The fraction of sp³-hybridized carbons (Fsp3) is 0.583. The number of aliphatic hydroxyl groups excluding tert-OH is 2. The Balaban J connectivity index is 2.67. The zero-order chi connectivity index (χ0) is 15.7. The molecule has 2 heterocycles. The van der Waals surface area contributed by atoms with Gasteiger partial charge in [0.1, 0.15) is 0 Å². The first-order chi connectivity index (χ1) is 9.81. The Hall–Kier alpha value is -2.13. The second-order valence-corrected chi connectivity index (χ2v) is 5.12. The molecule has 2 aromatic rings. The van der Waals surface area contributed by atoms with Crippen molar-refractivity contribution in [2.24, 2.45) is 7.05 Å². The summed E-state index contributed by atoms with van der Waals surface area (Å²) in [6.45, 7) is 3.56. The van der Waals surface area contributed by atoms with Crippen molar-refractivity contribution in [3.8, 4) is 0 Å². The van der Waals surface area contributed by atoms with Gasteiger partial charge in [0.15, 0.2) is 11.2 Å². The molecule has 0 bridgehead atoms. The Labute approximate surface area is 119 Å². The lowest BCUT2D eigenvalue weighted by atomic mass is 10.4. The number of nitrogens with zero attached hydrogens (tertiary/aromatic N) is 3. The van der Waals surface area contributed by atoms with Gasteiger partial charge < -0.3 is 20.1 Å². The highest BCUT2D eigenvalue weighted by Gasteiger charge is 2.18. The van der Waals surface area contributed by atoms with Crippen LogP contribution in [0.1, 0.15) is 13.8 Å². The molecule has 2 aromatic heterocycles. The van der Waals surface area contributed by atoms with Gasteiger partial charge in [0.2, 0.25) is 5.95 Å². The van der Waals surface area contributed by atoms with Crippen molar-refractivity contribution in [2.45, 2.75) is 32.6 Å². The SMILES string of the molecule is C[C@@H](O)CNc1nc2c(c(=O)[nH]c(=O)n2C)n1C[C@@H](C)O. The van der Waals surface area contributed by atoms with E-state index in [9.17, 15) is 19.8 Å². The van der Waals surface area contributed by atoms with Crippen LogP contribution in [0.25, 0.3) is 11.2 Å². The topological polar surface area (TPSA) is 125 Å². The Morgan fingerprint density at radius 3 is 2.52 bits per heavy atom. The maximum Gasteiger partial charge on any atom is 0.329 e. The van der Waals surface area contributed by atoms with Crippen molar-refractivity contribution in [1.29, 1.82) is 0 Å². The van der Waals surface area contributed by atoms with Crippen LogP contribution in [0.3, 0.4) is 0 Å². The van der Waals surface area contributed by atoms with Gasteiger partial charge in [0.25, 0.3) is 5.56 Å². The molecule has 0 aliphatic rings. The van der Waals surface area contributed by atoms with E-state index in [-0.39, 0.29) is 24.3 Å². The third-order valence-corrected chi connectivity index (χ3v) is 3.01. The standard InChI is InChI=1S/C12H19N5O4/c1-6(18)4-13-11-14-9-8(17(11)5-7(2)19)10(20)15-12(21)16(9)3/h6-7,18-19H,4-5H2,1-3H3,(H,13,14)(H,15,20,21)/t6-,7-/m1/s1. The molecule has 0 fully saturated rings. The minimum absolute atomic E-state index is 0.139. The van der Waals surface area contributed by atoms with Crippen LogP contribution in [0.2, 0.25) is 0 Å². The molecule has 0 unspecified atom stereocenters. The number of aliphatic hydroxyl groups is 2. The summed E-state index contributed by atoms with van der Waals surface area (Å²) in [5.74, 6) is 0.318. The monoisotopic (exact) mass is 297 g/mol. The molecule has 0 aliphatic carbocycles. The van der Waals surface area contributed by atoms with E-state index in [2.05, 4.69) is 15.3 Å². The van der Waals surface area contributed by atoms with Gasteiger partial charge in [0.05, 0.1) is 18.8 Å². The van der Waals surface area contributed by atoms with E-state index in [1.807, 2.05) is 0 Å². The van der Waals surface area contributed by atoms with Gasteiger partial charge in [0, 0.05) is 13.6 Å². The lowest BCUT2D eigenvalue weighted by Gasteiger charge is -2.12. The van der Waals surface area contributed by atoms with Crippen molar-refractivity contribution in [1.82, 2.24) is 19.1 Å². The lowest BCUT2D eigenvalue weighted by Crippen LogP contribution is -2.29. The first kappa shape index (κ1) is 15.3. The zero-order valence-electron chi connectivity index (χ0n) is 12.1. The second kappa shape index (κ2) is 5.70. The van der Waals surface area contributed by atoms with Crippen LogP contribution in [0.5, 0.6) is 0 Å². The number of H-pyrrole nitrogens is 1. The molecule has 0 saturated carbocycles. The summed E-state index contributed by atoms with van der Waals surface area (Å²) in [5, 5.41) is 21.8. The van der Waals surface area contributed by atoms with Gasteiger partial charge in [-0.3, -0.25) is 14.3 Å². The fourth-order valence-electron chi connectivity index (χ4n) is 2.05. The predicted molar refractivity (Wildman–Crippen MR) is 77.4 cm³/mol. The predicted octanol–water partition coefficient (Wildman–Crippen LogP) is -1.40. The normalized spacial score (nSPS) is 14.3. The summed E-state index contributed by atoms with van der Waals surface area (Å²) in [6.07, 6.45) is -1.31. The smallest absolute Gasteiger partial charge is 0.329 e. The molecule has 0 spiro atoms. The summed E-state index contributed by atoms with van der Waals surface area (Å²) in [5.41, 5.74) is -0.703. The molecule has 2 rings (SSSR count). The number of anilines is 1. The van der Waals surface area contributed by atoms with E-state index >= 15 is 0 Å². The molecule has 116 valence electrons. The van der Waals surface area contributed by atoms with E-state index in [0.29, 0.717) is 5.95 Å². The number of nitrogens with one attached hydrogen (secondary N) is 2. The number of rotatable bonds is 5. The number of hydrogen-bond donors (Lipinski definition) is 4. The maximum absolute atomic E-state index is 12.0. The number of aromatic amines is 1. The van der Waals surface area contributed by atoms with Gasteiger partial charge in [-0.15, -0.1) is 0 Å². The molecular formula is C12H19N5O4. The molecule has 9 heteroatoms. The van der Waals surface area contributed by atoms with Crippen LogP contribution in [-0.4, -0.2) is 48.1 Å². The van der Waals surface area contributed by atoms with Crippen molar-refractivity contribution in [3.05, 3.63) is 20.8 Å². The summed E-state index contributed by atoms with van der Waals surface area (Å²) >= 11 is 0. The van der Waals surface area contributed by atoms with Crippen molar-refractivity contribution >= 4 is 17.1 Å². The molecule has 0 aromatic carbocycles. The Kier molecular flexibility index (Phi) is 4.14. The molecule has 21 heavy (non-hydrogen) atoms.